The zero-order chi connectivity index (χ0) is 18.6. The van der Waals surface area contributed by atoms with Gasteiger partial charge in [0.15, 0.2) is 0 Å². The number of rotatable bonds is 6. The zero-order valence-corrected chi connectivity index (χ0v) is 15.7. The van der Waals surface area contributed by atoms with Crippen molar-refractivity contribution < 1.29 is 4.39 Å². The molecule has 1 saturated heterocycles. The first-order chi connectivity index (χ1) is 13.2. The third-order valence-electron chi connectivity index (χ3n) is 4.66. The van der Waals surface area contributed by atoms with Crippen LogP contribution >= 0.6 is 11.3 Å². The number of aromatic nitrogens is 3. The summed E-state index contributed by atoms with van der Waals surface area (Å²) >= 11 is 1.37. The molecule has 7 nitrogen and oxygen atoms in total. The van der Waals surface area contributed by atoms with Gasteiger partial charge in [-0.15, -0.1) is 5.10 Å². The number of anilines is 2. The quantitative estimate of drug-likeness (QED) is 0.651. The van der Waals surface area contributed by atoms with E-state index in [0.29, 0.717) is 15.8 Å². The average Bonchev–Trinajstić information content (AvgIpc) is 3.11. The molecule has 142 valence electrons. The summed E-state index contributed by atoms with van der Waals surface area (Å²) in [6.07, 6.45) is 2.47. The molecular formula is C18H21FN6OS. The lowest BCUT2D eigenvalue weighted by Gasteiger charge is -2.36. The summed E-state index contributed by atoms with van der Waals surface area (Å²) in [4.78, 5) is 20.9. The Morgan fingerprint density at radius 3 is 2.74 bits per heavy atom. The zero-order valence-electron chi connectivity index (χ0n) is 14.8. The molecule has 27 heavy (non-hydrogen) atoms. The van der Waals surface area contributed by atoms with Crippen LogP contribution in [0.1, 0.15) is 6.42 Å². The normalized spacial score (nSPS) is 15.4. The minimum atomic E-state index is -0.169. The van der Waals surface area contributed by atoms with Gasteiger partial charge in [-0.3, -0.25) is 9.69 Å². The predicted octanol–water partition coefficient (Wildman–Crippen LogP) is 1.91. The molecule has 9 heteroatoms. The maximum atomic E-state index is 13.9. The Morgan fingerprint density at radius 1 is 1.15 bits per heavy atom. The van der Waals surface area contributed by atoms with Crippen LogP contribution in [0, 0.1) is 5.82 Å². The molecule has 3 aromatic rings. The van der Waals surface area contributed by atoms with E-state index in [2.05, 4.69) is 25.2 Å². The van der Waals surface area contributed by atoms with Crippen LogP contribution in [0.15, 0.2) is 41.3 Å². The molecule has 1 N–H and O–H groups in total. The summed E-state index contributed by atoms with van der Waals surface area (Å²) in [5.41, 5.74) is 0.524. The first kappa shape index (κ1) is 17.9. The van der Waals surface area contributed by atoms with Gasteiger partial charge in [-0.25, -0.2) is 9.37 Å². The Morgan fingerprint density at radius 2 is 1.96 bits per heavy atom. The Kier molecular flexibility index (Phi) is 5.30. The number of fused-ring (bicyclic) bond motifs is 1. The molecule has 1 aliphatic heterocycles. The van der Waals surface area contributed by atoms with E-state index in [1.165, 1.54) is 34.2 Å². The summed E-state index contributed by atoms with van der Waals surface area (Å²) < 4.78 is 15.2. The van der Waals surface area contributed by atoms with E-state index >= 15 is 0 Å². The second kappa shape index (κ2) is 8.01. The fraction of sp³-hybridized carbons (Fsp3) is 0.389. The third kappa shape index (κ3) is 4.09. The van der Waals surface area contributed by atoms with E-state index in [-0.39, 0.29) is 11.4 Å². The second-order valence-electron chi connectivity index (χ2n) is 6.45. The van der Waals surface area contributed by atoms with Gasteiger partial charge in [0.25, 0.3) is 5.56 Å². The van der Waals surface area contributed by atoms with Crippen LogP contribution in [0.2, 0.25) is 0 Å². The molecule has 2 aromatic heterocycles. The van der Waals surface area contributed by atoms with Gasteiger partial charge in [0.2, 0.25) is 10.1 Å². The monoisotopic (exact) mass is 388 g/mol. The van der Waals surface area contributed by atoms with Crippen molar-refractivity contribution in [1.29, 1.82) is 0 Å². The fourth-order valence-corrected chi connectivity index (χ4v) is 4.03. The summed E-state index contributed by atoms with van der Waals surface area (Å²) in [5, 5.41) is 8.21. The summed E-state index contributed by atoms with van der Waals surface area (Å²) in [6, 6.07) is 8.35. The van der Waals surface area contributed by atoms with Crippen molar-refractivity contribution in [3.8, 4) is 0 Å². The molecule has 1 aliphatic rings. The van der Waals surface area contributed by atoms with Crippen LogP contribution in [0.25, 0.3) is 4.96 Å². The largest absolute Gasteiger partial charge is 0.367 e. The van der Waals surface area contributed by atoms with Gasteiger partial charge in [-0.05, 0) is 25.1 Å². The van der Waals surface area contributed by atoms with E-state index in [9.17, 15) is 9.18 Å². The van der Waals surface area contributed by atoms with Crippen molar-refractivity contribution >= 4 is 27.1 Å². The standard InChI is InChI=1S/C18H21FN6OS/c19-14-4-1-2-5-15(14)24-12-10-23(11-13-24)9-3-7-20-17-22-25-16(26)6-8-21-18(25)27-17/h1-2,4-6,8H,3,7,9-13H2,(H,20,22). The van der Waals surface area contributed by atoms with Crippen LogP contribution in [0.5, 0.6) is 0 Å². The minimum Gasteiger partial charge on any atom is -0.367 e. The molecule has 0 aliphatic carbocycles. The number of nitrogens with one attached hydrogen (secondary N) is 1. The molecule has 0 atom stereocenters. The Hall–Kier alpha value is -2.52. The van der Waals surface area contributed by atoms with Gasteiger partial charge < -0.3 is 10.2 Å². The predicted molar refractivity (Wildman–Crippen MR) is 105 cm³/mol. The van der Waals surface area contributed by atoms with Crippen LogP contribution < -0.4 is 15.8 Å². The lowest BCUT2D eigenvalue weighted by atomic mass is 10.2. The van der Waals surface area contributed by atoms with Crippen molar-refractivity contribution in [3.63, 3.8) is 0 Å². The summed E-state index contributed by atoms with van der Waals surface area (Å²) in [7, 11) is 0. The highest BCUT2D eigenvalue weighted by Crippen LogP contribution is 2.20. The van der Waals surface area contributed by atoms with Gasteiger partial charge in [-0.1, -0.05) is 23.5 Å². The Bertz CT molecular complexity index is 966. The molecule has 1 fully saturated rings. The van der Waals surface area contributed by atoms with Gasteiger partial charge in [0.05, 0.1) is 5.69 Å². The number of hydrogen-bond donors (Lipinski definition) is 1. The van der Waals surface area contributed by atoms with Crippen LogP contribution in [0.4, 0.5) is 15.2 Å². The van der Waals surface area contributed by atoms with Crippen molar-refractivity contribution in [3.05, 3.63) is 52.7 Å². The number of nitrogens with zero attached hydrogens (tertiary/aromatic N) is 5. The van der Waals surface area contributed by atoms with Crippen LogP contribution in [0.3, 0.4) is 0 Å². The molecular weight excluding hydrogens is 367 g/mol. The number of piperazine rings is 1. The molecule has 0 amide bonds. The van der Waals surface area contributed by atoms with E-state index in [1.807, 2.05) is 12.1 Å². The first-order valence-corrected chi connectivity index (χ1v) is 9.83. The summed E-state index contributed by atoms with van der Waals surface area (Å²) in [6.45, 7) is 5.27. The van der Waals surface area contributed by atoms with Crippen LogP contribution in [-0.4, -0.2) is 58.8 Å². The van der Waals surface area contributed by atoms with Gasteiger partial charge in [0.1, 0.15) is 5.82 Å². The first-order valence-electron chi connectivity index (χ1n) is 9.01. The van der Waals surface area contributed by atoms with Crippen LogP contribution in [-0.2, 0) is 0 Å². The van der Waals surface area contributed by atoms with Gasteiger partial charge in [-0.2, -0.15) is 4.52 Å². The van der Waals surface area contributed by atoms with Crippen molar-refractivity contribution in [2.75, 3.05) is 49.5 Å². The van der Waals surface area contributed by atoms with E-state index in [0.717, 1.165) is 45.7 Å². The number of hydrogen-bond acceptors (Lipinski definition) is 7. The minimum absolute atomic E-state index is 0.153. The number of halogens is 1. The lowest BCUT2D eigenvalue weighted by molar-refractivity contribution is 0.256. The van der Waals surface area contributed by atoms with Gasteiger partial charge in [0, 0.05) is 45.0 Å². The molecule has 1 aromatic carbocycles. The molecule has 0 saturated carbocycles. The second-order valence-corrected chi connectivity index (χ2v) is 7.40. The highest BCUT2D eigenvalue weighted by atomic mass is 32.1. The Labute approximate surface area is 160 Å². The topological polar surface area (TPSA) is 65.8 Å². The van der Waals surface area contributed by atoms with Crippen molar-refractivity contribution in [2.45, 2.75) is 6.42 Å². The molecule has 0 bridgehead atoms. The molecule has 0 spiro atoms. The van der Waals surface area contributed by atoms with E-state index in [4.69, 9.17) is 0 Å². The SMILES string of the molecule is O=c1ccnc2sc(NCCCN3CCN(c4ccccc4F)CC3)nn12. The number of para-hydroxylation sites is 1. The maximum absolute atomic E-state index is 13.9. The molecule has 0 unspecified atom stereocenters. The summed E-state index contributed by atoms with van der Waals surface area (Å²) in [5.74, 6) is -0.153. The maximum Gasteiger partial charge on any atom is 0.275 e. The fourth-order valence-electron chi connectivity index (χ4n) is 3.23. The molecule has 4 rings (SSSR count). The molecule has 3 heterocycles. The molecule has 0 radical (unpaired) electrons. The van der Waals surface area contributed by atoms with Crippen molar-refractivity contribution in [1.82, 2.24) is 19.5 Å². The van der Waals surface area contributed by atoms with Crippen molar-refractivity contribution in [2.24, 2.45) is 0 Å². The Balaban J connectivity index is 1.22. The van der Waals surface area contributed by atoms with E-state index < -0.39 is 0 Å². The highest BCUT2D eigenvalue weighted by molar-refractivity contribution is 7.20. The highest BCUT2D eigenvalue weighted by Gasteiger charge is 2.18. The van der Waals surface area contributed by atoms with E-state index in [1.54, 1.807) is 6.07 Å². The average molecular weight is 388 g/mol. The van der Waals surface area contributed by atoms with Gasteiger partial charge >= 0.3 is 0 Å². The smallest absolute Gasteiger partial charge is 0.275 e. The lowest BCUT2D eigenvalue weighted by Crippen LogP contribution is -2.47. The number of benzene rings is 1. The third-order valence-corrected chi connectivity index (χ3v) is 5.54.